The molecule has 31 heavy (non-hydrogen) atoms. The van der Waals surface area contributed by atoms with Crippen molar-refractivity contribution in [2.75, 3.05) is 31.1 Å². The molecule has 2 aromatic rings. The van der Waals surface area contributed by atoms with Crippen molar-refractivity contribution in [3.05, 3.63) is 41.5 Å². The topological polar surface area (TPSA) is 87.3 Å². The minimum absolute atomic E-state index is 0.293. The Labute approximate surface area is 179 Å². The number of alkyl halides is 1. The molecule has 1 aliphatic heterocycles. The number of aromatic nitrogens is 3. The van der Waals surface area contributed by atoms with E-state index in [2.05, 4.69) is 21.1 Å². The molecule has 1 amide bonds. The minimum Gasteiger partial charge on any atom is -0.446 e. The molecule has 1 saturated heterocycles. The lowest BCUT2D eigenvalue weighted by Crippen LogP contribution is -2.50. The molecule has 3 aliphatic rings. The van der Waals surface area contributed by atoms with Gasteiger partial charge < -0.3 is 14.5 Å². The molecule has 2 fully saturated rings. The predicted octanol–water partition coefficient (Wildman–Crippen LogP) is 2.56. The van der Waals surface area contributed by atoms with Crippen LogP contribution >= 0.6 is 0 Å². The lowest BCUT2D eigenvalue weighted by Gasteiger charge is -2.38. The van der Waals surface area contributed by atoms with Crippen LogP contribution in [0.15, 0.2) is 24.7 Å². The first-order valence-corrected chi connectivity index (χ1v) is 10.5. The molecule has 9 heteroatoms. The van der Waals surface area contributed by atoms with Gasteiger partial charge in [0.15, 0.2) is 0 Å². The highest BCUT2D eigenvalue weighted by atomic mass is 19.1. The molecule has 1 saturated carbocycles. The van der Waals surface area contributed by atoms with E-state index in [4.69, 9.17) is 4.74 Å². The van der Waals surface area contributed by atoms with Crippen molar-refractivity contribution in [3.8, 4) is 6.07 Å². The molecule has 0 spiro atoms. The first-order valence-electron chi connectivity index (χ1n) is 10.5. The van der Waals surface area contributed by atoms with Gasteiger partial charge in [-0.15, -0.1) is 0 Å². The summed E-state index contributed by atoms with van der Waals surface area (Å²) in [4.78, 5) is 20.7. The van der Waals surface area contributed by atoms with Crippen LogP contribution in [0.5, 0.6) is 0 Å². The zero-order chi connectivity index (χ0) is 21.5. The molecule has 0 radical (unpaired) electrons. The second-order valence-electron chi connectivity index (χ2n) is 8.25. The van der Waals surface area contributed by atoms with E-state index in [0.29, 0.717) is 51.0 Å². The lowest BCUT2D eigenvalue weighted by molar-refractivity contribution is -0.0132. The number of halogens is 1. The Morgan fingerprint density at radius 2 is 2.06 bits per heavy atom. The average molecular weight is 422 g/mol. The first kappa shape index (κ1) is 19.5. The second-order valence-corrected chi connectivity index (χ2v) is 8.25. The lowest BCUT2D eigenvalue weighted by atomic mass is 9.94. The maximum Gasteiger partial charge on any atom is 0.410 e. The monoisotopic (exact) mass is 422 g/mol. The molecule has 160 valence electrons. The Bertz CT molecular complexity index is 1090. The molecule has 2 aliphatic carbocycles. The van der Waals surface area contributed by atoms with Crippen molar-refractivity contribution in [1.82, 2.24) is 19.7 Å². The fraction of sp³-hybridized carbons (Fsp3) is 0.455. The number of fused-ring (bicyclic) bond motifs is 1. The van der Waals surface area contributed by atoms with Crippen LogP contribution in [0.25, 0.3) is 11.1 Å². The van der Waals surface area contributed by atoms with Crippen molar-refractivity contribution in [1.29, 1.82) is 5.26 Å². The highest BCUT2D eigenvalue weighted by Crippen LogP contribution is 2.42. The van der Waals surface area contributed by atoms with E-state index >= 15 is 0 Å². The van der Waals surface area contributed by atoms with Crippen LogP contribution in [-0.4, -0.2) is 64.2 Å². The van der Waals surface area contributed by atoms with Gasteiger partial charge in [0.25, 0.3) is 0 Å². The summed E-state index contributed by atoms with van der Waals surface area (Å²) < 4.78 is 20.1. The molecule has 2 aromatic heterocycles. The second kappa shape index (κ2) is 7.69. The summed E-state index contributed by atoms with van der Waals surface area (Å²) >= 11 is 0. The summed E-state index contributed by atoms with van der Waals surface area (Å²) in [7, 11) is 1.85. The number of hydrogen-bond acceptors (Lipinski definition) is 6. The summed E-state index contributed by atoms with van der Waals surface area (Å²) in [5, 5.41) is 14.2. The number of aryl methyl sites for hydroxylation is 1. The van der Waals surface area contributed by atoms with E-state index in [1.165, 1.54) is 0 Å². The van der Waals surface area contributed by atoms with Gasteiger partial charge in [-0.25, -0.2) is 9.18 Å². The summed E-state index contributed by atoms with van der Waals surface area (Å²) in [6, 6.07) is 4.32. The number of carbonyl (C=O) groups is 1. The standard InChI is InChI=1S/C22H23FN6O2/c1-27-13-14(12-26-27)17-10-19-21(18(17)11-24)20(2-3-25-19)28-4-6-29(7-5-28)22(30)31-16-8-15(23)9-16/h2-3,12-13,15-16H,4-10H2,1H3. The molecule has 3 heterocycles. The predicted molar refractivity (Wildman–Crippen MR) is 112 cm³/mol. The maximum absolute atomic E-state index is 13.0. The molecule has 0 N–H and O–H groups in total. The number of rotatable bonds is 3. The molecule has 0 aromatic carbocycles. The molecule has 5 rings (SSSR count). The minimum atomic E-state index is -0.845. The summed E-state index contributed by atoms with van der Waals surface area (Å²) in [6.07, 6.45) is 5.16. The molecule has 0 atom stereocenters. The van der Waals surface area contributed by atoms with Gasteiger partial charge in [-0.1, -0.05) is 0 Å². The van der Waals surface area contributed by atoms with Gasteiger partial charge in [-0.2, -0.15) is 10.4 Å². The van der Waals surface area contributed by atoms with Crippen LogP contribution in [0.1, 0.15) is 29.7 Å². The van der Waals surface area contributed by atoms with E-state index in [-0.39, 0.29) is 12.2 Å². The third-order valence-electron chi connectivity index (χ3n) is 6.25. The number of amides is 1. The Morgan fingerprint density at radius 1 is 1.29 bits per heavy atom. The van der Waals surface area contributed by atoms with Crippen molar-refractivity contribution in [3.63, 3.8) is 0 Å². The number of hydrogen-bond donors (Lipinski definition) is 0. The van der Waals surface area contributed by atoms with E-state index in [1.54, 1.807) is 22.0 Å². The zero-order valence-corrected chi connectivity index (χ0v) is 17.3. The zero-order valence-electron chi connectivity index (χ0n) is 17.3. The number of nitrogens with zero attached hydrogens (tertiary/aromatic N) is 6. The van der Waals surface area contributed by atoms with Gasteiger partial charge in [0.2, 0.25) is 0 Å². The number of allylic oxidation sites excluding steroid dienone is 2. The fourth-order valence-electron chi connectivity index (χ4n) is 4.46. The van der Waals surface area contributed by atoms with Crippen molar-refractivity contribution < 1.29 is 13.9 Å². The van der Waals surface area contributed by atoms with Crippen LogP contribution in [0, 0.1) is 11.3 Å². The van der Waals surface area contributed by atoms with Crippen molar-refractivity contribution in [2.24, 2.45) is 7.05 Å². The largest absolute Gasteiger partial charge is 0.446 e. The van der Waals surface area contributed by atoms with Gasteiger partial charge in [0.05, 0.1) is 17.5 Å². The average Bonchev–Trinajstić information content (AvgIpc) is 3.35. The number of ether oxygens (including phenoxy) is 1. The highest BCUT2D eigenvalue weighted by molar-refractivity contribution is 6.05. The van der Waals surface area contributed by atoms with Crippen LogP contribution in [0.4, 0.5) is 14.9 Å². The quantitative estimate of drug-likeness (QED) is 0.756. The number of pyridine rings is 1. The maximum atomic E-state index is 13.0. The smallest absolute Gasteiger partial charge is 0.410 e. The van der Waals surface area contributed by atoms with E-state index in [0.717, 1.165) is 28.1 Å². The Balaban J connectivity index is 1.33. The van der Waals surface area contributed by atoms with E-state index < -0.39 is 6.17 Å². The third kappa shape index (κ3) is 3.52. The van der Waals surface area contributed by atoms with Crippen LogP contribution in [0.3, 0.4) is 0 Å². The molecule has 8 nitrogen and oxygen atoms in total. The van der Waals surface area contributed by atoms with Crippen LogP contribution in [0.2, 0.25) is 0 Å². The summed E-state index contributed by atoms with van der Waals surface area (Å²) in [5.74, 6) is 0. The van der Waals surface area contributed by atoms with Crippen LogP contribution in [-0.2, 0) is 18.2 Å². The van der Waals surface area contributed by atoms with Gasteiger partial charge in [-0.3, -0.25) is 9.67 Å². The number of piperazine rings is 1. The van der Waals surface area contributed by atoms with Crippen molar-refractivity contribution >= 4 is 22.9 Å². The van der Waals surface area contributed by atoms with E-state index in [9.17, 15) is 14.4 Å². The Kier molecular flexibility index (Phi) is 4.85. The van der Waals surface area contributed by atoms with Gasteiger partial charge in [0, 0.05) is 81.7 Å². The van der Waals surface area contributed by atoms with Gasteiger partial charge in [-0.05, 0) is 11.6 Å². The Hall–Kier alpha value is -3.41. The molecular formula is C22H23FN6O2. The number of carbonyl (C=O) groups excluding carboxylic acids is 1. The summed E-state index contributed by atoms with van der Waals surface area (Å²) in [5.41, 5.74) is 5.25. The molecule has 0 unspecified atom stereocenters. The Morgan fingerprint density at radius 3 is 2.71 bits per heavy atom. The van der Waals surface area contributed by atoms with Crippen LogP contribution < -0.4 is 4.90 Å². The summed E-state index contributed by atoms with van der Waals surface area (Å²) in [6.45, 7) is 2.29. The number of anilines is 1. The van der Waals surface area contributed by atoms with Gasteiger partial charge in [0.1, 0.15) is 18.3 Å². The molecular weight excluding hydrogens is 399 g/mol. The SMILES string of the molecule is Cn1cc(C2=C(C#N)c3c(N4CCN(C(=O)OC5CC(F)C5)CC4)ccnc3C2)cn1. The highest BCUT2D eigenvalue weighted by Gasteiger charge is 2.35. The first-order chi connectivity index (χ1) is 15.0. The van der Waals surface area contributed by atoms with Crippen molar-refractivity contribution in [2.45, 2.75) is 31.5 Å². The van der Waals surface area contributed by atoms with E-state index in [1.807, 2.05) is 19.3 Å². The number of nitriles is 1. The van der Waals surface area contributed by atoms with Gasteiger partial charge >= 0.3 is 6.09 Å². The molecule has 0 bridgehead atoms. The fourth-order valence-corrected chi connectivity index (χ4v) is 4.46. The third-order valence-corrected chi connectivity index (χ3v) is 6.25. The normalized spacial score (nSPS) is 22.7.